The summed E-state index contributed by atoms with van der Waals surface area (Å²) in [6, 6.07) is 11.2. The standard InChI is InChI=1S/C20H36P.BrH/c1-4-5-6-7-8-9-10-11-12-16-19-21(2,3)20-17-14-13-15-18-20;/h13-15,17-18H,4-12,16,19H2,1-3H3;1H/q+1;/p-1. The molecule has 0 fully saturated rings. The first-order chi connectivity index (χ1) is 10.2. The van der Waals surface area contributed by atoms with Gasteiger partial charge in [0.25, 0.3) is 0 Å². The minimum atomic E-state index is -0.869. The maximum absolute atomic E-state index is 2.50. The fraction of sp³-hybridized carbons (Fsp3) is 0.700. The molecule has 0 aliphatic heterocycles. The van der Waals surface area contributed by atoms with E-state index in [4.69, 9.17) is 0 Å². The van der Waals surface area contributed by atoms with Crippen LogP contribution in [0.5, 0.6) is 0 Å². The quantitative estimate of drug-likeness (QED) is 0.380. The maximum Gasteiger partial charge on any atom is 0.0933 e. The van der Waals surface area contributed by atoms with Crippen LogP contribution < -0.4 is 22.3 Å². The van der Waals surface area contributed by atoms with Crippen molar-refractivity contribution in [3.8, 4) is 0 Å². The Balaban J connectivity index is 0.00000441. The van der Waals surface area contributed by atoms with Gasteiger partial charge in [0.05, 0.1) is 24.8 Å². The molecule has 0 N–H and O–H groups in total. The lowest BCUT2D eigenvalue weighted by atomic mass is 10.1. The van der Waals surface area contributed by atoms with Gasteiger partial charge in [-0.2, -0.15) is 0 Å². The zero-order valence-electron chi connectivity index (χ0n) is 15.0. The molecule has 22 heavy (non-hydrogen) atoms. The van der Waals surface area contributed by atoms with Crippen LogP contribution in [0.25, 0.3) is 0 Å². The van der Waals surface area contributed by atoms with Crippen molar-refractivity contribution in [1.29, 1.82) is 0 Å². The smallest absolute Gasteiger partial charge is 0.0933 e. The first-order valence-electron chi connectivity index (χ1n) is 9.05. The SMILES string of the molecule is CCCCCCCCCCCC[P+](C)(C)c1ccccc1.[Br-]. The molecule has 0 aliphatic carbocycles. The van der Waals surface area contributed by atoms with E-state index in [1.807, 2.05) is 0 Å². The minimum absolute atomic E-state index is 0. The predicted octanol–water partition coefficient (Wildman–Crippen LogP) is 3.51. The van der Waals surface area contributed by atoms with Crippen LogP contribution >= 0.6 is 7.26 Å². The number of benzene rings is 1. The normalized spacial score (nSPS) is 11.2. The van der Waals surface area contributed by atoms with E-state index in [0.717, 1.165) is 0 Å². The van der Waals surface area contributed by atoms with Gasteiger partial charge < -0.3 is 17.0 Å². The molecule has 128 valence electrons. The largest absolute Gasteiger partial charge is 1.00 e. The van der Waals surface area contributed by atoms with Crippen molar-refractivity contribution in [3.05, 3.63) is 30.3 Å². The predicted molar refractivity (Wildman–Crippen MR) is 102 cm³/mol. The van der Waals surface area contributed by atoms with Crippen LogP contribution in [0.15, 0.2) is 30.3 Å². The molecule has 0 unspecified atom stereocenters. The van der Waals surface area contributed by atoms with Crippen LogP contribution in [0.3, 0.4) is 0 Å². The second kappa shape index (κ2) is 13.6. The van der Waals surface area contributed by atoms with Crippen LogP contribution in [-0.4, -0.2) is 19.5 Å². The van der Waals surface area contributed by atoms with Crippen molar-refractivity contribution in [2.45, 2.75) is 71.1 Å². The summed E-state index contributed by atoms with van der Waals surface area (Å²) in [5, 5.41) is 1.60. The summed E-state index contributed by atoms with van der Waals surface area (Å²) in [4.78, 5) is 0. The van der Waals surface area contributed by atoms with Gasteiger partial charge in [-0.3, -0.25) is 0 Å². The Hall–Kier alpha value is 0.130. The van der Waals surface area contributed by atoms with Gasteiger partial charge in [0.15, 0.2) is 0 Å². The lowest BCUT2D eigenvalue weighted by Crippen LogP contribution is -3.00. The molecule has 0 atom stereocenters. The third kappa shape index (κ3) is 10.0. The number of unbranched alkanes of at least 4 members (excludes halogenated alkanes) is 9. The van der Waals surface area contributed by atoms with Crippen molar-refractivity contribution in [2.75, 3.05) is 19.5 Å². The average molecular weight is 387 g/mol. The highest BCUT2D eigenvalue weighted by Gasteiger charge is 2.26. The molecule has 0 saturated carbocycles. The fourth-order valence-electron chi connectivity index (χ4n) is 2.96. The molecule has 1 rings (SSSR count). The van der Waals surface area contributed by atoms with Gasteiger partial charge in [-0.1, -0.05) is 76.5 Å². The van der Waals surface area contributed by atoms with Crippen LogP contribution in [0.2, 0.25) is 0 Å². The minimum Gasteiger partial charge on any atom is -1.00 e. The molecular formula is C20H36BrP. The second-order valence-corrected chi connectivity index (χ2v) is 11.3. The molecule has 0 spiro atoms. The Labute approximate surface area is 150 Å². The van der Waals surface area contributed by atoms with E-state index in [2.05, 4.69) is 50.6 Å². The van der Waals surface area contributed by atoms with Crippen molar-refractivity contribution in [3.63, 3.8) is 0 Å². The van der Waals surface area contributed by atoms with Crippen molar-refractivity contribution < 1.29 is 17.0 Å². The van der Waals surface area contributed by atoms with Gasteiger partial charge in [0.2, 0.25) is 0 Å². The summed E-state index contributed by atoms with van der Waals surface area (Å²) in [7, 11) is -0.869. The summed E-state index contributed by atoms with van der Waals surface area (Å²) in [6.07, 6.45) is 15.8. The number of halogens is 1. The summed E-state index contributed by atoms with van der Waals surface area (Å²) in [5.41, 5.74) is 0. The third-order valence-electron chi connectivity index (χ3n) is 4.53. The molecule has 0 saturated heterocycles. The summed E-state index contributed by atoms with van der Waals surface area (Å²) in [5.74, 6) is 0. The first-order valence-corrected chi connectivity index (χ1v) is 11.9. The van der Waals surface area contributed by atoms with Crippen molar-refractivity contribution in [2.24, 2.45) is 0 Å². The van der Waals surface area contributed by atoms with Gasteiger partial charge in [-0.15, -0.1) is 0 Å². The number of rotatable bonds is 12. The van der Waals surface area contributed by atoms with E-state index in [1.54, 1.807) is 5.30 Å². The Bertz CT molecular complexity index is 348. The third-order valence-corrected chi connectivity index (χ3v) is 7.66. The van der Waals surface area contributed by atoms with E-state index in [0.29, 0.717) is 0 Å². The number of hydrogen-bond donors (Lipinski definition) is 0. The lowest BCUT2D eigenvalue weighted by Gasteiger charge is -2.17. The molecule has 0 aliphatic rings. The Kier molecular flexibility index (Phi) is 13.6. The Morgan fingerprint density at radius 3 is 1.64 bits per heavy atom. The molecule has 0 heterocycles. The van der Waals surface area contributed by atoms with Gasteiger partial charge in [0.1, 0.15) is 0 Å². The highest BCUT2D eigenvalue weighted by molar-refractivity contribution is 7.81. The molecule has 0 radical (unpaired) electrons. The molecule has 1 aromatic carbocycles. The Morgan fingerprint density at radius 1 is 0.682 bits per heavy atom. The highest BCUT2D eigenvalue weighted by Crippen LogP contribution is 2.50. The topological polar surface area (TPSA) is 0 Å². The number of hydrogen-bond acceptors (Lipinski definition) is 0. The van der Waals surface area contributed by atoms with Gasteiger partial charge >= 0.3 is 0 Å². The van der Waals surface area contributed by atoms with Crippen LogP contribution in [0.1, 0.15) is 71.1 Å². The van der Waals surface area contributed by atoms with Gasteiger partial charge in [-0.25, -0.2) is 0 Å². The van der Waals surface area contributed by atoms with E-state index in [1.165, 1.54) is 70.4 Å². The zero-order chi connectivity index (χ0) is 15.4. The molecule has 1 aromatic rings. The molecular weight excluding hydrogens is 351 g/mol. The molecule has 0 nitrogen and oxygen atoms in total. The van der Waals surface area contributed by atoms with Crippen molar-refractivity contribution >= 4 is 12.6 Å². The van der Waals surface area contributed by atoms with Crippen LogP contribution in [-0.2, 0) is 0 Å². The second-order valence-electron chi connectivity index (χ2n) is 6.93. The monoisotopic (exact) mass is 386 g/mol. The zero-order valence-corrected chi connectivity index (χ0v) is 17.5. The maximum atomic E-state index is 2.50. The fourth-order valence-corrected chi connectivity index (χ4v) is 5.21. The van der Waals surface area contributed by atoms with E-state index in [9.17, 15) is 0 Å². The van der Waals surface area contributed by atoms with Crippen LogP contribution in [0, 0.1) is 0 Å². The Morgan fingerprint density at radius 2 is 1.14 bits per heavy atom. The molecule has 0 amide bonds. The summed E-state index contributed by atoms with van der Waals surface area (Å²) in [6.45, 7) is 7.28. The van der Waals surface area contributed by atoms with Crippen LogP contribution in [0.4, 0.5) is 0 Å². The summed E-state index contributed by atoms with van der Waals surface area (Å²) >= 11 is 0. The van der Waals surface area contributed by atoms with E-state index in [-0.39, 0.29) is 17.0 Å². The van der Waals surface area contributed by atoms with E-state index >= 15 is 0 Å². The van der Waals surface area contributed by atoms with E-state index < -0.39 is 7.26 Å². The van der Waals surface area contributed by atoms with Crippen molar-refractivity contribution in [1.82, 2.24) is 0 Å². The van der Waals surface area contributed by atoms with Gasteiger partial charge in [-0.05, 0) is 25.0 Å². The summed E-state index contributed by atoms with van der Waals surface area (Å²) < 4.78 is 0. The molecule has 0 aromatic heterocycles. The van der Waals surface area contributed by atoms with Gasteiger partial charge in [0, 0.05) is 7.26 Å². The average Bonchev–Trinajstić information content (AvgIpc) is 2.50. The molecule has 0 bridgehead atoms. The lowest BCUT2D eigenvalue weighted by molar-refractivity contribution is -0.00000468. The first kappa shape index (κ1) is 22.1. The highest BCUT2D eigenvalue weighted by atomic mass is 79.9. The molecule has 2 heteroatoms.